The van der Waals surface area contributed by atoms with Gasteiger partial charge < -0.3 is 15.4 Å². The smallest absolute Gasteiger partial charge is 0.255 e. The summed E-state index contributed by atoms with van der Waals surface area (Å²) in [6, 6.07) is 16.2. The molecule has 0 aliphatic carbocycles. The normalized spacial score (nSPS) is 10.3. The Hall–Kier alpha value is -3.41. The molecule has 6 heteroatoms. The van der Waals surface area contributed by atoms with Gasteiger partial charge in [0, 0.05) is 16.9 Å². The second kappa shape index (κ2) is 7.65. The Labute approximate surface area is 149 Å². The third-order valence-corrected chi connectivity index (χ3v) is 3.69. The number of hydrogen-bond donors (Lipinski definition) is 2. The molecule has 0 aliphatic rings. The maximum atomic E-state index is 13.0. The van der Waals surface area contributed by atoms with E-state index in [0.29, 0.717) is 28.4 Å². The predicted molar refractivity (Wildman–Crippen MR) is 97.0 cm³/mol. The van der Waals surface area contributed by atoms with Crippen LogP contribution in [0.4, 0.5) is 25.8 Å². The van der Waals surface area contributed by atoms with Crippen molar-refractivity contribution >= 4 is 23.0 Å². The van der Waals surface area contributed by atoms with Crippen molar-refractivity contribution < 1.29 is 18.3 Å². The maximum absolute atomic E-state index is 13.0. The molecule has 0 atom stereocenters. The minimum Gasteiger partial charge on any atom is -0.495 e. The highest BCUT2D eigenvalue weighted by atomic mass is 19.1. The van der Waals surface area contributed by atoms with Crippen molar-refractivity contribution in [3.05, 3.63) is 83.9 Å². The Balaban J connectivity index is 1.82. The van der Waals surface area contributed by atoms with Crippen LogP contribution in [-0.4, -0.2) is 13.0 Å². The van der Waals surface area contributed by atoms with Gasteiger partial charge in [-0.25, -0.2) is 8.78 Å². The van der Waals surface area contributed by atoms with Crippen LogP contribution in [0.15, 0.2) is 66.7 Å². The van der Waals surface area contributed by atoms with Crippen molar-refractivity contribution in [3.8, 4) is 5.75 Å². The van der Waals surface area contributed by atoms with Gasteiger partial charge in [-0.1, -0.05) is 0 Å². The highest BCUT2D eigenvalue weighted by Crippen LogP contribution is 2.29. The molecule has 0 aromatic heterocycles. The molecule has 0 unspecified atom stereocenters. The Bertz CT molecular complexity index is 910. The Morgan fingerprint density at radius 3 is 2.00 bits per heavy atom. The SMILES string of the molecule is COc1ccc(C(=O)Nc2ccc(F)cc2)cc1Nc1ccc(F)cc1. The monoisotopic (exact) mass is 354 g/mol. The Morgan fingerprint density at radius 1 is 0.846 bits per heavy atom. The summed E-state index contributed by atoms with van der Waals surface area (Å²) >= 11 is 0. The van der Waals surface area contributed by atoms with E-state index in [-0.39, 0.29) is 17.5 Å². The zero-order valence-electron chi connectivity index (χ0n) is 13.9. The number of benzene rings is 3. The van der Waals surface area contributed by atoms with Crippen LogP contribution in [0.1, 0.15) is 10.4 Å². The van der Waals surface area contributed by atoms with Gasteiger partial charge in [0.2, 0.25) is 0 Å². The van der Waals surface area contributed by atoms with Gasteiger partial charge in [-0.2, -0.15) is 0 Å². The minimum absolute atomic E-state index is 0.338. The van der Waals surface area contributed by atoms with Gasteiger partial charge in [0.25, 0.3) is 5.91 Å². The van der Waals surface area contributed by atoms with Gasteiger partial charge in [-0.15, -0.1) is 0 Å². The van der Waals surface area contributed by atoms with Crippen LogP contribution < -0.4 is 15.4 Å². The highest BCUT2D eigenvalue weighted by molar-refractivity contribution is 6.05. The summed E-state index contributed by atoms with van der Waals surface area (Å²) in [5, 5.41) is 5.79. The highest BCUT2D eigenvalue weighted by Gasteiger charge is 2.11. The number of amides is 1. The molecule has 0 spiro atoms. The van der Waals surface area contributed by atoms with Crippen molar-refractivity contribution in [1.82, 2.24) is 0 Å². The van der Waals surface area contributed by atoms with E-state index in [1.165, 1.54) is 43.5 Å². The van der Waals surface area contributed by atoms with Crippen LogP contribution in [0.2, 0.25) is 0 Å². The summed E-state index contributed by atoms with van der Waals surface area (Å²) in [6.07, 6.45) is 0. The largest absolute Gasteiger partial charge is 0.495 e. The molecule has 3 aromatic rings. The maximum Gasteiger partial charge on any atom is 0.255 e. The quantitative estimate of drug-likeness (QED) is 0.680. The van der Waals surface area contributed by atoms with Crippen molar-refractivity contribution in [2.45, 2.75) is 0 Å². The fraction of sp³-hybridized carbons (Fsp3) is 0.0500. The summed E-state index contributed by atoms with van der Waals surface area (Å²) in [5.74, 6) is -0.526. The first-order valence-electron chi connectivity index (χ1n) is 7.83. The lowest BCUT2D eigenvalue weighted by Crippen LogP contribution is -2.12. The van der Waals surface area contributed by atoms with Crippen LogP contribution in [0, 0.1) is 11.6 Å². The topological polar surface area (TPSA) is 50.4 Å². The number of rotatable bonds is 5. The summed E-state index contributed by atoms with van der Waals surface area (Å²) in [5.41, 5.74) is 2.09. The van der Waals surface area contributed by atoms with E-state index in [1.54, 1.807) is 30.3 Å². The fourth-order valence-electron chi connectivity index (χ4n) is 2.37. The number of carbonyl (C=O) groups excluding carboxylic acids is 1. The summed E-state index contributed by atoms with van der Waals surface area (Å²) < 4.78 is 31.3. The summed E-state index contributed by atoms with van der Waals surface area (Å²) in [4.78, 5) is 12.4. The van der Waals surface area contributed by atoms with Gasteiger partial charge in [0.1, 0.15) is 17.4 Å². The molecule has 0 aliphatic heterocycles. The van der Waals surface area contributed by atoms with E-state index < -0.39 is 0 Å². The molecule has 2 N–H and O–H groups in total. The molecule has 1 amide bonds. The second-order valence-corrected chi connectivity index (χ2v) is 5.51. The number of methoxy groups -OCH3 is 1. The first kappa shape index (κ1) is 17.4. The van der Waals surface area contributed by atoms with E-state index in [2.05, 4.69) is 10.6 Å². The lowest BCUT2D eigenvalue weighted by Gasteiger charge is -2.13. The van der Waals surface area contributed by atoms with Crippen LogP contribution in [0.25, 0.3) is 0 Å². The van der Waals surface area contributed by atoms with Crippen LogP contribution in [0.5, 0.6) is 5.75 Å². The Kier molecular flexibility index (Phi) is 5.12. The van der Waals surface area contributed by atoms with Crippen LogP contribution in [0.3, 0.4) is 0 Å². The van der Waals surface area contributed by atoms with Gasteiger partial charge >= 0.3 is 0 Å². The standard InChI is InChI=1S/C20H16F2N2O2/c1-26-19-11-2-13(20(25)24-17-9-5-15(22)6-10-17)12-18(19)23-16-7-3-14(21)4-8-16/h2-12,23H,1H3,(H,24,25). The zero-order valence-corrected chi connectivity index (χ0v) is 13.9. The third kappa shape index (κ3) is 4.16. The number of nitrogens with one attached hydrogen (secondary N) is 2. The molecule has 26 heavy (non-hydrogen) atoms. The first-order valence-corrected chi connectivity index (χ1v) is 7.83. The Morgan fingerprint density at radius 2 is 1.42 bits per heavy atom. The fourth-order valence-corrected chi connectivity index (χ4v) is 2.37. The van der Waals surface area contributed by atoms with Gasteiger partial charge in [-0.05, 0) is 66.7 Å². The molecule has 3 aromatic carbocycles. The molecule has 0 fully saturated rings. The molecule has 0 saturated heterocycles. The summed E-state index contributed by atoms with van der Waals surface area (Å²) in [7, 11) is 1.52. The van der Waals surface area contributed by atoms with Crippen molar-refractivity contribution in [1.29, 1.82) is 0 Å². The van der Waals surface area contributed by atoms with E-state index in [9.17, 15) is 13.6 Å². The molecular formula is C20H16F2N2O2. The third-order valence-electron chi connectivity index (χ3n) is 3.69. The molecular weight excluding hydrogens is 338 g/mol. The molecule has 0 heterocycles. The van der Waals surface area contributed by atoms with Crippen LogP contribution >= 0.6 is 0 Å². The van der Waals surface area contributed by atoms with Gasteiger partial charge in [0.15, 0.2) is 0 Å². The molecule has 0 saturated carbocycles. The average Bonchev–Trinajstić information content (AvgIpc) is 2.65. The molecule has 0 bridgehead atoms. The number of halogens is 2. The van der Waals surface area contributed by atoms with E-state index in [4.69, 9.17) is 4.74 Å². The minimum atomic E-state index is -0.377. The van der Waals surface area contributed by atoms with Crippen molar-refractivity contribution in [3.63, 3.8) is 0 Å². The van der Waals surface area contributed by atoms with Crippen molar-refractivity contribution in [2.75, 3.05) is 17.7 Å². The first-order chi connectivity index (χ1) is 12.5. The van der Waals surface area contributed by atoms with Crippen molar-refractivity contribution in [2.24, 2.45) is 0 Å². The molecule has 4 nitrogen and oxygen atoms in total. The van der Waals surface area contributed by atoms with Gasteiger partial charge in [-0.3, -0.25) is 4.79 Å². The van der Waals surface area contributed by atoms with Gasteiger partial charge in [0.05, 0.1) is 12.8 Å². The van der Waals surface area contributed by atoms with Crippen LogP contribution in [-0.2, 0) is 0 Å². The number of hydrogen-bond acceptors (Lipinski definition) is 3. The molecule has 132 valence electrons. The molecule has 3 rings (SSSR count). The number of carbonyl (C=O) groups is 1. The zero-order chi connectivity index (χ0) is 18.5. The number of ether oxygens (including phenoxy) is 1. The second-order valence-electron chi connectivity index (χ2n) is 5.51. The summed E-state index contributed by atoms with van der Waals surface area (Å²) in [6.45, 7) is 0. The lowest BCUT2D eigenvalue weighted by atomic mass is 10.1. The van der Waals surface area contributed by atoms with E-state index >= 15 is 0 Å². The lowest BCUT2D eigenvalue weighted by molar-refractivity contribution is 0.102. The van der Waals surface area contributed by atoms with E-state index in [1.807, 2.05) is 0 Å². The predicted octanol–water partition coefficient (Wildman–Crippen LogP) is 4.97. The molecule has 0 radical (unpaired) electrons. The average molecular weight is 354 g/mol. The number of anilines is 3. The van der Waals surface area contributed by atoms with E-state index in [0.717, 1.165) is 0 Å².